The first kappa shape index (κ1) is 13.5. The molecule has 3 N–H and O–H groups in total. The van der Waals surface area contributed by atoms with Gasteiger partial charge in [0.1, 0.15) is 12.2 Å². The van der Waals surface area contributed by atoms with Crippen LogP contribution in [0.3, 0.4) is 0 Å². The van der Waals surface area contributed by atoms with Crippen molar-refractivity contribution in [1.29, 1.82) is 0 Å². The molecule has 0 aromatic carbocycles. The number of hydrazine groups is 1. The first-order chi connectivity index (χ1) is 8.52. The molecule has 0 aliphatic heterocycles. The van der Waals surface area contributed by atoms with Crippen LogP contribution in [0.25, 0.3) is 0 Å². The number of nitrogens with one attached hydrogen (secondary N) is 1. The summed E-state index contributed by atoms with van der Waals surface area (Å²) in [6.45, 7) is 4.72. The largest absolute Gasteiger partial charge is 0.271 e. The lowest BCUT2D eigenvalue weighted by molar-refractivity contribution is 0.159. The van der Waals surface area contributed by atoms with E-state index in [2.05, 4.69) is 29.4 Å². The molecule has 1 atom stereocenters. The van der Waals surface area contributed by atoms with Gasteiger partial charge in [0.15, 0.2) is 0 Å². The van der Waals surface area contributed by atoms with Crippen LogP contribution in [0.1, 0.15) is 45.4 Å². The van der Waals surface area contributed by atoms with Crippen molar-refractivity contribution in [2.24, 2.45) is 24.2 Å². The third-order valence-electron chi connectivity index (χ3n) is 4.37. The fourth-order valence-corrected chi connectivity index (χ4v) is 2.89. The smallest absolute Gasteiger partial charge is 0.138 e. The Labute approximate surface area is 109 Å². The van der Waals surface area contributed by atoms with Crippen molar-refractivity contribution in [3.63, 3.8) is 0 Å². The fraction of sp³-hybridized carbons (Fsp3) is 0.846. The number of hydrogen-bond acceptors (Lipinski definition) is 4. The van der Waals surface area contributed by atoms with Gasteiger partial charge >= 0.3 is 0 Å². The zero-order valence-electron chi connectivity index (χ0n) is 11.7. The number of aromatic nitrogens is 3. The minimum Gasteiger partial charge on any atom is -0.271 e. The summed E-state index contributed by atoms with van der Waals surface area (Å²) in [5.74, 6) is 7.39. The van der Waals surface area contributed by atoms with Crippen LogP contribution in [0.2, 0.25) is 0 Å². The first-order valence-corrected chi connectivity index (χ1v) is 6.81. The molecule has 0 bridgehead atoms. The summed E-state index contributed by atoms with van der Waals surface area (Å²) in [4.78, 5) is 4.28. The second-order valence-corrected chi connectivity index (χ2v) is 6.28. The van der Waals surface area contributed by atoms with Crippen LogP contribution in [-0.4, -0.2) is 20.8 Å². The molecule has 1 saturated carbocycles. The van der Waals surface area contributed by atoms with Crippen LogP contribution in [0.15, 0.2) is 6.33 Å². The van der Waals surface area contributed by atoms with Crippen LogP contribution in [0, 0.1) is 11.3 Å². The van der Waals surface area contributed by atoms with E-state index in [1.54, 1.807) is 6.33 Å². The van der Waals surface area contributed by atoms with E-state index in [0.717, 1.165) is 12.2 Å². The predicted octanol–water partition coefficient (Wildman–Crippen LogP) is 1.41. The maximum absolute atomic E-state index is 5.73. The average molecular weight is 251 g/mol. The van der Waals surface area contributed by atoms with Gasteiger partial charge in [-0.05, 0) is 37.0 Å². The lowest BCUT2D eigenvalue weighted by Gasteiger charge is -2.37. The SMILES string of the molecule is Cn1ncnc1CC(NN)C1CCC(C)(C)CC1. The monoisotopic (exact) mass is 251 g/mol. The zero-order chi connectivity index (χ0) is 13.2. The van der Waals surface area contributed by atoms with Crippen molar-refractivity contribution in [3.05, 3.63) is 12.2 Å². The van der Waals surface area contributed by atoms with E-state index < -0.39 is 0 Å². The molecule has 5 nitrogen and oxygen atoms in total. The van der Waals surface area contributed by atoms with Gasteiger partial charge < -0.3 is 0 Å². The molecule has 0 saturated heterocycles. The number of aryl methyl sites for hydroxylation is 1. The summed E-state index contributed by atoms with van der Waals surface area (Å²) in [5.41, 5.74) is 3.48. The lowest BCUT2D eigenvalue weighted by Crippen LogP contribution is -2.44. The van der Waals surface area contributed by atoms with Gasteiger partial charge in [0.05, 0.1) is 0 Å². The molecule has 5 heteroatoms. The second-order valence-electron chi connectivity index (χ2n) is 6.28. The molecule has 18 heavy (non-hydrogen) atoms. The first-order valence-electron chi connectivity index (χ1n) is 6.81. The van der Waals surface area contributed by atoms with Crippen LogP contribution in [0.4, 0.5) is 0 Å². The van der Waals surface area contributed by atoms with Gasteiger partial charge in [0.25, 0.3) is 0 Å². The van der Waals surface area contributed by atoms with Crippen LogP contribution < -0.4 is 11.3 Å². The molecule has 1 heterocycles. The quantitative estimate of drug-likeness (QED) is 0.627. The standard InChI is InChI=1S/C13H25N5/c1-13(2)6-4-10(5-7-13)11(17-14)8-12-15-9-16-18(12)3/h9-11,17H,4-8,14H2,1-3H3. The molecule has 0 amide bonds. The summed E-state index contributed by atoms with van der Waals surface area (Å²) in [7, 11) is 1.93. The molecule has 1 aliphatic carbocycles. The van der Waals surface area contributed by atoms with Crippen molar-refractivity contribution < 1.29 is 0 Å². The zero-order valence-corrected chi connectivity index (χ0v) is 11.7. The Hall–Kier alpha value is -0.940. The van der Waals surface area contributed by atoms with E-state index in [1.165, 1.54) is 25.7 Å². The molecule has 1 aromatic heterocycles. The molecular formula is C13H25N5. The Morgan fingerprint density at radius 3 is 2.67 bits per heavy atom. The van der Waals surface area contributed by atoms with Crippen LogP contribution in [0.5, 0.6) is 0 Å². The van der Waals surface area contributed by atoms with Crippen molar-refractivity contribution >= 4 is 0 Å². The Morgan fingerprint density at radius 1 is 1.50 bits per heavy atom. The summed E-state index contributed by atoms with van der Waals surface area (Å²) < 4.78 is 1.83. The van der Waals surface area contributed by atoms with E-state index in [4.69, 9.17) is 5.84 Å². The summed E-state index contributed by atoms with van der Waals surface area (Å²) in [5, 5.41) is 4.11. The predicted molar refractivity (Wildman–Crippen MR) is 71.6 cm³/mol. The normalized spacial score (nSPS) is 22.0. The molecule has 1 fully saturated rings. The Morgan fingerprint density at radius 2 is 2.17 bits per heavy atom. The molecule has 1 aliphatic rings. The maximum Gasteiger partial charge on any atom is 0.138 e. The van der Waals surface area contributed by atoms with Gasteiger partial charge in [-0.25, -0.2) is 4.98 Å². The third-order valence-corrected chi connectivity index (χ3v) is 4.37. The summed E-state index contributed by atoms with van der Waals surface area (Å²) in [6, 6.07) is 0.309. The van der Waals surface area contributed by atoms with E-state index in [9.17, 15) is 0 Å². The molecular weight excluding hydrogens is 226 g/mol. The Kier molecular flexibility index (Phi) is 4.02. The minimum absolute atomic E-state index is 0.309. The molecule has 0 spiro atoms. The summed E-state index contributed by atoms with van der Waals surface area (Å²) in [6.07, 6.45) is 7.54. The van der Waals surface area contributed by atoms with Crippen molar-refractivity contribution in [1.82, 2.24) is 20.2 Å². The van der Waals surface area contributed by atoms with Gasteiger partial charge in [-0.1, -0.05) is 13.8 Å². The van der Waals surface area contributed by atoms with E-state index in [-0.39, 0.29) is 0 Å². The van der Waals surface area contributed by atoms with Gasteiger partial charge in [-0.2, -0.15) is 5.10 Å². The summed E-state index contributed by atoms with van der Waals surface area (Å²) >= 11 is 0. The molecule has 1 unspecified atom stereocenters. The van der Waals surface area contributed by atoms with Crippen LogP contribution in [-0.2, 0) is 13.5 Å². The number of nitrogens with two attached hydrogens (primary N) is 1. The van der Waals surface area contributed by atoms with Crippen molar-refractivity contribution in [2.75, 3.05) is 0 Å². The highest BCUT2D eigenvalue weighted by molar-refractivity contribution is 4.93. The second kappa shape index (κ2) is 5.36. The van der Waals surface area contributed by atoms with Crippen molar-refractivity contribution in [3.8, 4) is 0 Å². The van der Waals surface area contributed by atoms with E-state index in [1.807, 2.05) is 11.7 Å². The van der Waals surface area contributed by atoms with Crippen LogP contribution >= 0.6 is 0 Å². The lowest BCUT2D eigenvalue weighted by atomic mass is 9.71. The van der Waals surface area contributed by atoms with Gasteiger partial charge in [0.2, 0.25) is 0 Å². The van der Waals surface area contributed by atoms with Crippen molar-refractivity contribution in [2.45, 2.75) is 52.0 Å². The van der Waals surface area contributed by atoms with Gasteiger partial charge in [0, 0.05) is 19.5 Å². The minimum atomic E-state index is 0.309. The highest BCUT2D eigenvalue weighted by Gasteiger charge is 2.31. The molecule has 102 valence electrons. The highest BCUT2D eigenvalue weighted by Crippen LogP contribution is 2.39. The Balaban J connectivity index is 1.96. The maximum atomic E-state index is 5.73. The molecule has 1 aromatic rings. The molecule has 2 rings (SSSR count). The van der Waals surface area contributed by atoms with Gasteiger partial charge in [-0.3, -0.25) is 16.0 Å². The third kappa shape index (κ3) is 3.09. The topological polar surface area (TPSA) is 68.8 Å². The van der Waals surface area contributed by atoms with E-state index in [0.29, 0.717) is 17.4 Å². The highest BCUT2D eigenvalue weighted by atomic mass is 15.3. The van der Waals surface area contributed by atoms with E-state index >= 15 is 0 Å². The number of nitrogens with zero attached hydrogens (tertiary/aromatic N) is 3. The number of hydrogen-bond donors (Lipinski definition) is 2. The average Bonchev–Trinajstić information content (AvgIpc) is 2.72. The van der Waals surface area contributed by atoms with Gasteiger partial charge in [-0.15, -0.1) is 0 Å². The fourth-order valence-electron chi connectivity index (χ4n) is 2.89. The molecule has 0 radical (unpaired) electrons. The number of rotatable bonds is 4. The Bertz CT molecular complexity index is 374.